The van der Waals surface area contributed by atoms with Crippen molar-refractivity contribution >= 4 is 54.5 Å². The molecule has 0 saturated carbocycles. The molecule has 4 heterocycles. The second-order valence-corrected chi connectivity index (χ2v) is 12.0. The molecule has 10 rings (SSSR count). The van der Waals surface area contributed by atoms with Gasteiger partial charge >= 0.3 is 0 Å². The number of hydrogen-bond donors (Lipinski definition) is 0. The number of fused-ring (bicyclic) bond motifs is 10. The first-order valence-corrected chi connectivity index (χ1v) is 16.0. The first kappa shape index (κ1) is 26.6. The molecule has 0 amide bonds. The third-order valence-electron chi connectivity index (χ3n) is 9.28. The van der Waals surface area contributed by atoms with Crippen molar-refractivity contribution in [3.8, 4) is 39.6 Å². The van der Waals surface area contributed by atoms with Gasteiger partial charge in [-0.25, -0.2) is 15.0 Å². The van der Waals surface area contributed by atoms with E-state index in [1.807, 2.05) is 48.8 Å². The third-order valence-corrected chi connectivity index (χ3v) is 9.28. The molecule has 0 spiro atoms. The fourth-order valence-electron chi connectivity index (χ4n) is 7.14. The van der Waals surface area contributed by atoms with E-state index in [4.69, 9.17) is 19.4 Å². The Hall–Kier alpha value is -6.59. The lowest BCUT2D eigenvalue weighted by atomic mass is 9.99. The van der Waals surface area contributed by atoms with E-state index in [1.165, 1.54) is 0 Å². The van der Waals surface area contributed by atoms with Gasteiger partial charge in [0, 0.05) is 37.9 Å². The number of para-hydroxylation sites is 2. The summed E-state index contributed by atoms with van der Waals surface area (Å²) < 4.78 is 8.79. The Bertz CT molecular complexity index is 2760. The number of furan rings is 1. The number of hydrogen-bond acceptors (Lipinski definition) is 4. The van der Waals surface area contributed by atoms with Crippen molar-refractivity contribution < 1.29 is 4.42 Å². The zero-order chi connectivity index (χ0) is 31.6. The van der Waals surface area contributed by atoms with Crippen LogP contribution >= 0.6 is 0 Å². The van der Waals surface area contributed by atoms with E-state index in [2.05, 4.69) is 114 Å². The summed E-state index contributed by atoms with van der Waals surface area (Å²) in [6, 6.07) is 50.2. The van der Waals surface area contributed by atoms with E-state index in [9.17, 15) is 0 Å². The van der Waals surface area contributed by atoms with Gasteiger partial charge in [-0.15, -0.1) is 0 Å². The van der Waals surface area contributed by atoms with Crippen LogP contribution in [0.4, 0.5) is 0 Å². The third kappa shape index (κ3) is 4.01. The van der Waals surface area contributed by atoms with Gasteiger partial charge in [-0.2, -0.15) is 0 Å². The topological polar surface area (TPSA) is 56.7 Å². The van der Waals surface area contributed by atoms with E-state index < -0.39 is 0 Å². The van der Waals surface area contributed by atoms with E-state index in [0.29, 0.717) is 5.69 Å². The Morgan fingerprint density at radius 2 is 1.10 bits per heavy atom. The molecule has 0 radical (unpaired) electrons. The molecule has 0 unspecified atom stereocenters. The van der Waals surface area contributed by atoms with Gasteiger partial charge in [-0.05, 0) is 35.4 Å². The highest BCUT2D eigenvalue weighted by Crippen LogP contribution is 2.45. The molecule has 0 atom stereocenters. The van der Waals surface area contributed by atoms with Gasteiger partial charge in [-0.1, -0.05) is 121 Å². The molecule has 4 aromatic heterocycles. The van der Waals surface area contributed by atoms with Crippen molar-refractivity contribution in [3.63, 3.8) is 0 Å². The number of benzene rings is 6. The zero-order valence-corrected chi connectivity index (χ0v) is 25.7. The molecule has 5 nitrogen and oxygen atoms in total. The van der Waals surface area contributed by atoms with Gasteiger partial charge in [0.05, 0.1) is 34.8 Å². The molecule has 0 aliphatic carbocycles. The Morgan fingerprint density at radius 3 is 1.88 bits per heavy atom. The molecular formula is C43H26N4O. The average molecular weight is 615 g/mol. The lowest BCUT2D eigenvalue weighted by molar-refractivity contribution is 0.673. The highest BCUT2D eigenvalue weighted by molar-refractivity contribution is 6.35. The van der Waals surface area contributed by atoms with Crippen LogP contribution in [0, 0.1) is 0 Å². The minimum atomic E-state index is 0.711. The first-order valence-electron chi connectivity index (χ1n) is 16.0. The number of nitrogens with zero attached hydrogens (tertiary/aromatic N) is 4. The number of aromatic nitrogens is 4. The van der Waals surface area contributed by atoms with Crippen LogP contribution in [0.5, 0.6) is 0 Å². The predicted molar refractivity (Wildman–Crippen MR) is 195 cm³/mol. The monoisotopic (exact) mass is 614 g/mol. The molecule has 10 aromatic rings. The number of pyridine rings is 1. The van der Waals surface area contributed by atoms with E-state index in [-0.39, 0.29) is 0 Å². The van der Waals surface area contributed by atoms with Crippen molar-refractivity contribution in [2.45, 2.75) is 0 Å². The summed E-state index contributed by atoms with van der Waals surface area (Å²) in [5.41, 5.74) is 9.56. The SMILES string of the molecule is c1ccc(-c2cc(-c3ccccc3)nc(-c3cnc(-n4c5ccccc5c5c6c7ccccc7oc6c6ccccc6c54)cn3)c2)cc1. The Morgan fingerprint density at radius 1 is 0.458 bits per heavy atom. The van der Waals surface area contributed by atoms with Crippen molar-refractivity contribution in [1.29, 1.82) is 0 Å². The van der Waals surface area contributed by atoms with Gasteiger partial charge in [0.15, 0.2) is 5.82 Å². The molecule has 0 saturated heterocycles. The van der Waals surface area contributed by atoms with Crippen LogP contribution < -0.4 is 0 Å². The maximum absolute atomic E-state index is 6.54. The van der Waals surface area contributed by atoms with Gasteiger partial charge in [-0.3, -0.25) is 4.57 Å². The second kappa shape index (κ2) is 10.5. The van der Waals surface area contributed by atoms with Gasteiger partial charge in [0.25, 0.3) is 0 Å². The van der Waals surface area contributed by atoms with Gasteiger partial charge < -0.3 is 4.42 Å². The van der Waals surface area contributed by atoms with Gasteiger partial charge in [0.2, 0.25) is 0 Å². The standard InChI is InChI=1S/C43H26N4O/c1-3-13-27(14-4-1)29-23-34(28-15-5-2-6-16-28)46-35(24-29)36-25-45-39(26-44-36)47-37-21-11-9-19-32(37)40-41-33-20-10-12-22-38(33)48-43(41)31-18-8-7-17-30(31)42(40)47/h1-26H. The molecular weight excluding hydrogens is 589 g/mol. The van der Waals surface area contributed by atoms with Gasteiger partial charge in [0.1, 0.15) is 16.9 Å². The zero-order valence-electron chi connectivity index (χ0n) is 25.7. The van der Waals surface area contributed by atoms with E-state index >= 15 is 0 Å². The second-order valence-electron chi connectivity index (χ2n) is 12.0. The van der Waals surface area contributed by atoms with Crippen LogP contribution in [0.15, 0.2) is 162 Å². The predicted octanol–water partition coefficient (Wildman–Crippen LogP) is 11.0. The van der Waals surface area contributed by atoms with E-state index in [0.717, 1.165) is 88.4 Å². The molecule has 0 aliphatic rings. The van der Waals surface area contributed by atoms with Crippen LogP contribution in [-0.2, 0) is 0 Å². The van der Waals surface area contributed by atoms with Crippen molar-refractivity contribution in [1.82, 2.24) is 19.5 Å². The van der Waals surface area contributed by atoms with Crippen LogP contribution in [0.3, 0.4) is 0 Å². The normalized spacial score (nSPS) is 11.8. The molecule has 0 N–H and O–H groups in total. The molecule has 0 bridgehead atoms. The Balaban J connectivity index is 1.21. The maximum atomic E-state index is 6.54. The average Bonchev–Trinajstić information content (AvgIpc) is 3.72. The molecule has 48 heavy (non-hydrogen) atoms. The summed E-state index contributed by atoms with van der Waals surface area (Å²) in [6.45, 7) is 0. The summed E-state index contributed by atoms with van der Waals surface area (Å²) in [7, 11) is 0. The molecule has 0 aliphatic heterocycles. The molecule has 5 heteroatoms. The lowest BCUT2D eigenvalue weighted by Crippen LogP contribution is -2.00. The van der Waals surface area contributed by atoms with Crippen molar-refractivity contribution in [2.75, 3.05) is 0 Å². The molecule has 0 fully saturated rings. The fraction of sp³-hybridized carbons (Fsp3) is 0. The summed E-state index contributed by atoms with van der Waals surface area (Å²) in [6.07, 6.45) is 3.71. The van der Waals surface area contributed by atoms with Crippen molar-refractivity contribution in [3.05, 3.63) is 158 Å². The minimum Gasteiger partial charge on any atom is -0.455 e. The fourth-order valence-corrected chi connectivity index (χ4v) is 7.14. The molecule has 224 valence electrons. The first-order chi connectivity index (χ1) is 23.8. The highest BCUT2D eigenvalue weighted by atomic mass is 16.3. The Kier molecular flexibility index (Phi) is 5.81. The maximum Gasteiger partial charge on any atom is 0.156 e. The minimum absolute atomic E-state index is 0.711. The van der Waals surface area contributed by atoms with Crippen LogP contribution in [-0.4, -0.2) is 19.5 Å². The largest absolute Gasteiger partial charge is 0.455 e. The van der Waals surface area contributed by atoms with Crippen LogP contribution in [0.2, 0.25) is 0 Å². The summed E-state index contributed by atoms with van der Waals surface area (Å²) in [5, 5.41) is 6.69. The number of rotatable bonds is 4. The van der Waals surface area contributed by atoms with E-state index in [1.54, 1.807) is 0 Å². The van der Waals surface area contributed by atoms with Crippen LogP contribution in [0.25, 0.3) is 94.1 Å². The molecule has 6 aromatic carbocycles. The highest BCUT2D eigenvalue weighted by Gasteiger charge is 2.23. The van der Waals surface area contributed by atoms with Crippen LogP contribution in [0.1, 0.15) is 0 Å². The quantitative estimate of drug-likeness (QED) is 0.198. The lowest BCUT2D eigenvalue weighted by Gasteiger charge is -2.11. The summed E-state index contributed by atoms with van der Waals surface area (Å²) in [4.78, 5) is 15.2. The Labute approximate surface area is 275 Å². The smallest absolute Gasteiger partial charge is 0.156 e. The van der Waals surface area contributed by atoms with Crippen molar-refractivity contribution in [2.24, 2.45) is 0 Å². The summed E-state index contributed by atoms with van der Waals surface area (Å²) >= 11 is 0. The summed E-state index contributed by atoms with van der Waals surface area (Å²) in [5.74, 6) is 0.741.